The lowest BCUT2D eigenvalue weighted by atomic mass is 9.98. The van der Waals surface area contributed by atoms with Gasteiger partial charge in [-0.1, -0.05) is 24.3 Å². The van der Waals surface area contributed by atoms with Crippen molar-refractivity contribution in [2.45, 2.75) is 38.3 Å². The lowest BCUT2D eigenvalue weighted by Gasteiger charge is -2.48. The second kappa shape index (κ2) is 8.04. The van der Waals surface area contributed by atoms with Gasteiger partial charge in [-0.3, -0.25) is 19.3 Å². The molecule has 35 heavy (non-hydrogen) atoms. The van der Waals surface area contributed by atoms with E-state index < -0.39 is 5.66 Å². The topological polar surface area (TPSA) is 98.7 Å². The molecule has 178 valence electrons. The van der Waals surface area contributed by atoms with Crippen molar-refractivity contribution in [3.63, 3.8) is 0 Å². The fraction of sp³-hybridized carbons (Fsp3) is 0.346. The van der Waals surface area contributed by atoms with Gasteiger partial charge in [0.25, 0.3) is 5.91 Å². The SMILES string of the molecule is CC12CCC(=O)N1c1ccccc1C(=O)N2CC(=O)Nc1nc2ccccc2nc1N1CCCC1. The number of rotatable bonds is 4. The molecule has 1 N–H and O–H groups in total. The predicted octanol–water partition coefficient (Wildman–Crippen LogP) is 3.17. The molecule has 2 saturated heterocycles. The summed E-state index contributed by atoms with van der Waals surface area (Å²) in [5, 5.41) is 2.93. The minimum atomic E-state index is -0.896. The highest BCUT2D eigenvalue weighted by atomic mass is 16.2. The van der Waals surface area contributed by atoms with E-state index in [1.54, 1.807) is 23.1 Å². The Bertz CT molecular complexity index is 1370. The van der Waals surface area contributed by atoms with Crippen molar-refractivity contribution in [1.29, 1.82) is 0 Å². The van der Waals surface area contributed by atoms with Crippen molar-refractivity contribution >= 4 is 46.1 Å². The normalized spacial score (nSPS) is 21.5. The first kappa shape index (κ1) is 21.5. The third-order valence-corrected chi connectivity index (χ3v) is 7.26. The van der Waals surface area contributed by atoms with Crippen molar-refractivity contribution in [2.24, 2.45) is 0 Å². The highest BCUT2D eigenvalue weighted by molar-refractivity contribution is 6.11. The second-order valence-electron chi connectivity index (χ2n) is 9.48. The molecule has 9 heteroatoms. The van der Waals surface area contributed by atoms with Crippen molar-refractivity contribution in [3.05, 3.63) is 54.1 Å². The van der Waals surface area contributed by atoms with Gasteiger partial charge in [0.2, 0.25) is 11.8 Å². The molecule has 6 rings (SSSR count). The van der Waals surface area contributed by atoms with E-state index in [0.29, 0.717) is 41.2 Å². The quantitative estimate of drug-likeness (QED) is 0.629. The molecule has 9 nitrogen and oxygen atoms in total. The maximum absolute atomic E-state index is 13.5. The molecule has 0 spiro atoms. The first-order valence-corrected chi connectivity index (χ1v) is 12.0. The zero-order chi connectivity index (χ0) is 24.2. The molecule has 3 amide bonds. The fourth-order valence-electron chi connectivity index (χ4n) is 5.48. The molecule has 0 aliphatic carbocycles. The highest BCUT2D eigenvalue weighted by Crippen LogP contribution is 2.43. The molecule has 0 bridgehead atoms. The van der Waals surface area contributed by atoms with E-state index in [2.05, 4.69) is 10.2 Å². The molecule has 4 heterocycles. The standard InChI is InChI=1S/C26H26N6O3/c1-26-13-12-22(34)32(26)20-11-5-2-8-17(20)25(35)31(26)16-21(33)29-23-24(30-14-6-7-15-30)28-19-10-4-3-9-18(19)27-23/h2-5,8-11H,6-7,12-16H2,1H3,(H,27,29,33). The molecule has 0 saturated carbocycles. The Kier molecular flexibility index (Phi) is 4.94. The van der Waals surface area contributed by atoms with E-state index in [-0.39, 0.29) is 24.3 Å². The number of anilines is 3. The van der Waals surface area contributed by atoms with Crippen LogP contribution in [0.2, 0.25) is 0 Å². The van der Waals surface area contributed by atoms with Gasteiger partial charge in [0, 0.05) is 19.5 Å². The molecule has 1 aromatic heterocycles. The Morgan fingerprint density at radius 2 is 1.69 bits per heavy atom. The number of aromatic nitrogens is 2. The number of para-hydroxylation sites is 3. The molecule has 3 aliphatic rings. The third-order valence-electron chi connectivity index (χ3n) is 7.26. The average Bonchev–Trinajstić information content (AvgIpc) is 3.50. The largest absolute Gasteiger partial charge is 0.354 e. The van der Waals surface area contributed by atoms with Gasteiger partial charge in [0.05, 0.1) is 22.3 Å². The molecule has 3 aromatic rings. The lowest BCUT2D eigenvalue weighted by molar-refractivity contribution is -0.120. The number of carbonyl (C=O) groups excluding carboxylic acids is 3. The molecule has 3 aliphatic heterocycles. The van der Waals surface area contributed by atoms with E-state index in [1.807, 2.05) is 37.3 Å². The molecule has 1 atom stereocenters. The van der Waals surface area contributed by atoms with Gasteiger partial charge in [0.1, 0.15) is 12.2 Å². The van der Waals surface area contributed by atoms with E-state index >= 15 is 0 Å². The van der Waals surface area contributed by atoms with Crippen LogP contribution in [0.25, 0.3) is 11.0 Å². The maximum Gasteiger partial charge on any atom is 0.258 e. The van der Waals surface area contributed by atoms with Crippen LogP contribution in [0.3, 0.4) is 0 Å². The summed E-state index contributed by atoms with van der Waals surface area (Å²) in [7, 11) is 0. The smallest absolute Gasteiger partial charge is 0.258 e. The van der Waals surface area contributed by atoms with Gasteiger partial charge in [-0.05, 0) is 50.5 Å². The van der Waals surface area contributed by atoms with Crippen LogP contribution >= 0.6 is 0 Å². The number of amides is 3. The molecule has 1 unspecified atom stereocenters. The van der Waals surface area contributed by atoms with Crippen LogP contribution in [-0.2, 0) is 9.59 Å². The van der Waals surface area contributed by atoms with Crippen LogP contribution in [-0.4, -0.2) is 57.9 Å². The van der Waals surface area contributed by atoms with Gasteiger partial charge in [-0.15, -0.1) is 0 Å². The van der Waals surface area contributed by atoms with E-state index in [1.165, 1.54) is 4.90 Å². The fourth-order valence-corrected chi connectivity index (χ4v) is 5.48. The van der Waals surface area contributed by atoms with Crippen molar-refractivity contribution in [1.82, 2.24) is 14.9 Å². The molecule has 2 fully saturated rings. The van der Waals surface area contributed by atoms with Gasteiger partial charge in [0.15, 0.2) is 11.6 Å². The van der Waals surface area contributed by atoms with Gasteiger partial charge >= 0.3 is 0 Å². The van der Waals surface area contributed by atoms with Crippen LogP contribution in [0.15, 0.2) is 48.5 Å². The van der Waals surface area contributed by atoms with Crippen LogP contribution in [0.1, 0.15) is 43.0 Å². The van der Waals surface area contributed by atoms with Gasteiger partial charge in [-0.25, -0.2) is 9.97 Å². The van der Waals surface area contributed by atoms with Gasteiger partial charge < -0.3 is 15.1 Å². The van der Waals surface area contributed by atoms with Gasteiger partial charge in [-0.2, -0.15) is 0 Å². The molecule has 0 radical (unpaired) electrons. The monoisotopic (exact) mass is 470 g/mol. The first-order valence-electron chi connectivity index (χ1n) is 12.0. The number of benzene rings is 2. The van der Waals surface area contributed by atoms with Crippen molar-refractivity contribution in [3.8, 4) is 0 Å². The molecular formula is C26H26N6O3. The number of nitrogens with one attached hydrogen (secondary N) is 1. The van der Waals surface area contributed by atoms with Crippen molar-refractivity contribution < 1.29 is 14.4 Å². The van der Waals surface area contributed by atoms with Crippen molar-refractivity contribution in [2.75, 3.05) is 34.8 Å². The Morgan fingerprint density at radius 3 is 2.46 bits per heavy atom. The number of nitrogens with zero attached hydrogens (tertiary/aromatic N) is 5. The second-order valence-corrected chi connectivity index (χ2v) is 9.48. The lowest BCUT2D eigenvalue weighted by Crippen LogP contribution is -2.63. The number of hydrogen-bond donors (Lipinski definition) is 1. The third kappa shape index (κ3) is 3.41. The van der Waals surface area contributed by atoms with Crippen LogP contribution in [0.5, 0.6) is 0 Å². The Balaban J connectivity index is 1.33. The summed E-state index contributed by atoms with van der Waals surface area (Å²) >= 11 is 0. The molecule has 2 aromatic carbocycles. The van der Waals surface area contributed by atoms with Crippen LogP contribution in [0.4, 0.5) is 17.3 Å². The first-order chi connectivity index (χ1) is 17.0. The zero-order valence-corrected chi connectivity index (χ0v) is 19.5. The molecular weight excluding hydrogens is 444 g/mol. The summed E-state index contributed by atoms with van der Waals surface area (Å²) in [5.74, 6) is 0.366. The Morgan fingerprint density at radius 1 is 1.00 bits per heavy atom. The maximum atomic E-state index is 13.5. The van der Waals surface area contributed by atoms with E-state index in [9.17, 15) is 14.4 Å². The Hall–Kier alpha value is -4.01. The highest BCUT2D eigenvalue weighted by Gasteiger charge is 2.53. The summed E-state index contributed by atoms with van der Waals surface area (Å²) in [6.07, 6.45) is 2.91. The van der Waals surface area contributed by atoms with Crippen LogP contribution in [0, 0.1) is 0 Å². The predicted molar refractivity (Wildman–Crippen MR) is 132 cm³/mol. The number of carbonyl (C=O) groups is 3. The van der Waals surface area contributed by atoms with Crippen LogP contribution < -0.4 is 15.1 Å². The van der Waals surface area contributed by atoms with E-state index in [4.69, 9.17) is 9.97 Å². The summed E-state index contributed by atoms with van der Waals surface area (Å²) in [6, 6.07) is 14.6. The summed E-state index contributed by atoms with van der Waals surface area (Å²) in [4.78, 5) is 54.4. The minimum Gasteiger partial charge on any atom is -0.354 e. The zero-order valence-electron chi connectivity index (χ0n) is 19.5. The number of fused-ring (bicyclic) bond motifs is 4. The summed E-state index contributed by atoms with van der Waals surface area (Å²) in [6.45, 7) is 3.37. The Labute approximate surface area is 202 Å². The summed E-state index contributed by atoms with van der Waals surface area (Å²) < 4.78 is 0. The minimum absolute atomic E-state index is 0.0467. The van der Waals surface area contributed by atoms with E-state index in [0.717, 1.165) is 31.4 Å². The average molecular weight is 471 g/mol. The number of hydrogen-bond acceptors (Lipinski definition) is 6. The summed E-state index contributed by atoms with van der Waals surface area (Å²) in [5.41, 5.74) is 1.59.